The Hall–Kier alpha value is -1.09. The SMILES string of the molecule is CCN(CC)c1cc([C@H](C)N)ccn1. The molecule has 0 amide bonds. The van der Waals surface area contributed by atoms with E-state index in [1.165, 1.54) is 0 Å². The molecule has 3 nitrogen and oxygen atoms in total. The van der Waals surface area contributed by atoms with Crippen molar-refractivity contribution in [3.05, 3.63) is 23.9 Å². The van der Waals surface area contributed by atoms with Gasteiger partial charge >= 0.3 is 0 Å². The predicted octanol–water partition coefficient (Wildman–Crippen LogP) is 1.95. The number of rotatable bonds is 4. The number of nitrogens with two attached hydrogens (primary N) is 1. The third kappa shape index (κ3) is 2.45. The molecule has 1 aromatic rings. The summed E-state index contributed by atoms with van der Waals surface area (Å²) in [5.74, 6) is 1.02. The summed E-state index contributed by atoms with van der Waals surface area (Å²) in [5, 5.41) is 0. The Kier molecular flexibility index (Phi) is 3.89. The molecule has 0 saturated carbocycles. The molecule has 1 rings (SSSR count). The van der Waals surface area contributed by atoms with Crippen molar-refractivity contribution < 1.29 is 0 Å². The molecule has 1 aromatic heterocycles. The molecule has 1 atom stereocenters. The Labute approximate surface area is 85.9 Å². The Bertz CT molecular complexity index is 280. The molecule has 78 valence electrons. The second kappa shape index (κ2) is 4.96. The van der Waals surface area contributed by atoms with Crippen molar-refractivity contribution in [1.29, 1.82) is 0 Å². The molecule has 0 fully saturated rings. The molecule has 14 heavy (non-hydrogen) atoms. The Morgan fingerprint density at radius 3 is 2.57 bits per heavy atom. The summed E-state index contributed by atoms with van der Waals surface area (Å²) in [4.78, 5) is 6.55. The number of nitrogens with zero attached hydrogens (tertiary/aromatic N) is 2. The molecule has 0 aromatic carbocycles. The third-order valence-electron chi connectivity index (χ3n) is 2.38. The van der Waals surface area contributed by atoms with E-state index in [1.807, 2.05) is 19.2 Å². The van der Waals surface area contributed by atoms with E-state index in [2.05, 4.69) is 29.8 Å². The molecule has 0 saturated heterocycles. The van der Waals surface area contributed by atoms with E-state index in [0.29, 0.717) is 0 Å². The van der Waals surface area contributed by atoms with E-state index in [9.17, 15) is 0 Å². The molecular weight excluding hydrogens is 174 g/mol. The maximum Gasteiger partial charge on any atom is 0.128 e. The van der Waals surface area contributed by atoms with Gasteiger partial charge in [0.15, 0.2) is 0 Å². The molecule has 0 aliphatic carbocycles. The van der Waals surface area contributed by atoms with Crippen molar-refractivity contribution >= 4 is 5.82 Å². The fraction of sp³-hybridized carbons (Fsp3) is 0.545. The molecule has 3 heteroatoms. The van der Waals surface area contributed by atoms with Crippen molar-refractivity contribution in [2.24, 2.45) is 5.73 Å². The quantitative estimate of drug-likeness (QED) is 0.794. The van der Waals surface area contributed by atoms with Gasteiger partial charge in [0.25, 0.3) is 0 Å². The van der Waals surface area contributed by atoms with Crippen molar-refractivity contribution in [3.63, 3.8) is 0 Å². The minimum absolute atomic E-state index is 0.0762. The summed E-state index contributed by atoms with van der Waals surface area (Å²) in [6.07, 6.45) is 1.83. The van der Waals surface area contributed by atoms with E-state index < -0.39 is 0 Å². The minimum Gasteiger partial charge on any atom is -0.357 e. The van der Waals surface area contributed by atoms with E-state index in [4.69, 9.17) is 5.73 Å². The van der Waals surface area contributed by atoms with Crippen LogP contribution < -0.4 is 10.6 Å². The van der Waals surface area contributed by atoms with E-state index in [-0.39, 0.29) is 6.04 Å². The lowest BCUT2D eigenvalue weighted by Crippen LogP contribution is -2.23. The first-order chi connectivity index (χ1) is 6.69. The smallest absolute Gasteiger partial charge is 0.128 e. The highest BCUT2D eigenvalue weighted by molar-refractivity contribution is 5.41. The lowest BCUT2D eigenvalue weighted by Gasteiger charge is -2.20. The molecule has 0 aliphatic heterocycles. The molecule has 2 N–H and O–H groups in total. The lowest BCUT2D eigenvalue weighted by molar-refractivity contribution is 0.802. The van der Waals surface area contributed by atoms with E-state index >= 15 is 0 Å². The van der Waals surface area contributed by atoms with Gasteiger partial charge in [-0.1, -0.05) is 0 Å². The molecule has 0 bridgehead atoms. The van der Waals surface area contributed by atoms with Gasteiger partial charge in [-0.25, -0.2) is 4.98 Å². The topological polar surface area (TPSA) is 42.1 Å². The third-order valence-corrected chi connectivity index (χ3v) is 2.38. The van der Waals surface area contributed by atoms with E-state index in [0.717, 1.165) is 24.5 Å². The number of hydrogen-bond acceptors (Lipinski definition) is 3. The zero-order valence-electron chi connectivity index (χ0n) is 9.20. The molecule has 1 heterocycles. The van der Waals surface area contributed by atoms with Crippen LogP contribution in [0.2, 0.25) is 0 Å². The second-order valence-corrected chi connectivity index (χ2v) is 3.41. The van der Waals surface area contributed by atoms with Crippen molar-refractivity contribution in [1.82, 2.24) is 4.98 Å². The minimum atomic E-state index is 0.0762. The van der Waals surface area contributed by atoms with Crippen LogP contribution in [-0.4, -0.2) is 18.1 Å². The molecule has 0 spiro atoms. The first-order valence-electron chi connectivity index (χ1n) is 5.15. The van der Waals surface area contributed by atoms with Crippen molar-refractivity contribution in [2.75, 3.05) is 18.0 Å². The first kappa shape index (κ1) is 11.0. The van der Waals surface area contributed by atoms with Crippen LogP contribution in [0.25, 0.3) is 0 Å². The largest absolute Gasteiger partial charge is 0.357 e. The van der Waals surface area contributed by atoms with Crippen LogP contribution >= 0.6 is 0 Å². The number of anilines is 1. The fourth-order valence-corrected chi connectivity index (χ4v) is 1.44. The summed E-state index contributed by atoms with van der Waals surface area (Å²) >= 11 is 0. The maximum atomic E-state index is 5.82. The highest BCUT2D eigenvalue weighted by Crippen LogP contribution is 2.16. The van der Waals surface area contributed by atoms with Gasteiger partial charge < -0.3 is 10.6 Å². The summed E-state index contributed by atoms with van der Waals surface area (Å²) < 4.78 is 0. The average molecular weight is 193 g/mol. The molecule has 0 aliphatic rings. The van der Waals surface area contributed by atoms with Gasteiger partial charge in [0.05, 0.1) is 0 Å². The molecule has 0 unspecified atom stereocenters. The second-order valence-electron chi connectivity index (χ2n) is 3.41. The average Bonchev–Trinajstić information content (AvgIpc) is 2.20. The standard InChI is InChI=1S/C11H19N3/c1-4-14(5-2)11-8-10(9(3)12)6-7-13-11/h6-9H,4-5,12H2,1-3H3/t9-/m0/s1. The van der Waals surface area contributed by atoms with Crippen LogP contribution in [0, 0.1) is 0 Å². The van der Waals surface area contributed by atoms with Gasteiger partial charge in [-0.15, -0.1) is 0 Å². The Balaban J connectivity index is 2.92. The van der Waals surface area contributed by atoms with Gasteiger partial charge in [-0.05, 0) is 38.5 Å². The summed E-state index contributed by atoms with van der Waals surface area (Å²) in [7, 11) is 0. The van der Waals surface area contributed by atoms with Gasteiger partial charge in [-0.3, -0.25) is 0 Å². The molecule has 0 radical (unpaired) electrons. The first-order valence-corrected chi connectivity index (χ1v) is 5.15. The maximum absolute atomic E-state index is 5.82. The highest BCUT2D eigenvalue weighted by Gasteiger charge is 2.05. The number of hydrogen-bond donors (Lipinski definition) is 1. The monoisotopic (exact) mass is 193 g/mol. The van der Waals surface area contributed by atoms with Gasteiger partial charge in [-0.2, -0.15) is 0 Å². The zero-order valence-corrected chi connectivity index (χ0v) is 9.20. The fourth-order valence-electron chi connectivity index (χ4n) is 1.44. The molecular formula is C11H19N3. The van der Waals surface area contributed by atoms with Gasteiger partial charge in [0.1, 0.15) is 5.82 Å². The van der Waals surface area contributed by atoms with Crippen LogP contribution in [0.5, 0.6) is 0 Å². The van der Waals surface area contributed by atoms with Crippen LogP contribution in [0.15, 0.2) is 18.3 Å². The van der Waals surface area contributed by atoms with Crippen LogP contribution in [-0.2, 0) is 0 Å². The number of aromatic nitrogens is 1. The van der Waals surface area contributed by atoms with E-state index in [1.54, 1.807) is 0 Å². The van der Waals surface area contributed by atoms with Gasteiger partial charge in [0.2, 0.25) is 0 Å². The normalized spacial score (nSPS) is 12.6. The summed E-state index contributed by atoms with van der Waals surface area (Å²) in [6, 6.07) is 4.11. The van der Waals surface area contributed by atoms with Crippen molar-refractivity contribution in [2.45, 2.75) is 26.8 Å². The van der Waals surface area contributed by atoms with Crippen LogP contribution in [0.1, 0.15) is 32.4 Å². The lowest BCUT2D eigenvalue weighted by atomic mass is 10.1. The van der Waals surface area contributed by atoms with Crippen LogP contribution in [0.4, 0.5) is 5.82 Å². The highest BCUT2D eigenvalue weighted by atomic mass is 15.2. The number of pyridine rings is 1. The van der Waals surface area contributed by atoms with Crippen molar-refractivity contribution in [3.8, 4) is 0 Å². The van der Waals surface area contributed by atoms with Crippen LogP contribution in [0.3, 0.4) is 0 Å². The summed E-state index contributed by atoms with van der Waals surface area (Å²) in [5.41, 5.74) is 6.96. The Morgan fingerprint density at radius 2 is 2.07 bits per heavy atom. The zero-order chi connectivity index (χ0) is 10.6. The van der Waals surface area contributed by atoms with Gasteiger partial charge in [0, 0.05) is 25.3 Å². The Morgan fingerprint density at radius 1 is 1.43 bits per heavy atom. The summed E-state index contributed by atoms with van der Waals surface area (Å²) in [6.45, 7) is 8.20. The predicted molar refractivity (Wildman–Crippen MR) is 60.4 cm³/mol.